The number of aliphatic carboxylic acids is 1. The first kappa shape index (κ1) is 21.7. The van der Waals surface area contributed by atoms with E-state index < -0.39 is 41.1 Å². The minimum atomic E-state index is -1.30. The molecule has 1 saturated heterocycles. The molecule has 0 spiro atoms. The molecule has 0 bridgehead atoms. The van der Waals surface area contributed by atoms with Gasteiger partial charge in [-0.25, -0.2) is 8.78 Å². The van der Waals surface area contributed by atoms with Gasteiger partial charge in [-0.2, -0.15) is 0 Å². The van der Waals surface area contributed by atoms with E-state index in [0.717, 1.165) is 0 Å². The first-order chi connectivity index (χ1) is 13.4. The minimum absolute atomic E-state index is 0.104. The second-order valence-corrected chi connectivity index (χ2v) is 9.27. The number of hydrogen-bond donors (Lipinski definition) is 3. The molecule has 2 aromatic carbocycles. The summed E-state index contributed by atoms with van der Waals surface area (Å²) < 4.78 is 28.6. The van der Waals surface area contributed by atoms with E-state index in [1.165, 1.54) is 36.4 Å². The number of nitrogens with one attached hydrogen (secondary N) is 1. The van der Waals surface area contributed by atoms with E-state index in [4.69, 9.17) is 17.3 Å². The van der Waals surface area contributed by atoms with Crippen LogP contribution >= 0.6 is 11.6 Å². The predicted molar refractivity (Wildman–Crippen MR) is 109 cm³/mol. The highest BCUT2D eigenvalue weighted by Crippen LogP contribution is 2.49. The van der Waals surface area contributed by atoms with Crippen molar-refractivity contribution in [3.05, 3.63) is 70.2 Å². The maximum Gasteiger partial charge on any atom is 0.321 e. The predicted octanol–water partition coefficient (Wildman–Crippen LogP) is 4.42. The largest absolute Gasteiger partial charge is 0.480 e. The number of benzene rings is 2. The Morgan fingerprint density at radius 2 is 1.83 bits per heavy atom. The number of carboxylic acid groups (broad SMARTS) is 1. The Balaban J connectivity index is 2.25. The van der Waals surface area contributed by atoms with Gasteiger partial charge >= 0.3 is 5.97 Å². The molecule has 1 heterocycles. The Morgan fingerprint density at radius 3 is 2.38 bits per heavy atom. The van der Waals surface area contributed by atoms with Gasteiger partial charge in [0.25, 0.3) is 0 Å². The summed E-state index contributed by atoms with van der Waals surface area (Å²) in [7, 11) is 0. The van der Waals surface area contributed by atoms with Crippen LogP contribution in [-0.2, 0) is 10.3 Å². The lowest BCUT2D eigenvalue weighted by Crippen LogP contribution is -2.52. The van der Waals surface area contributed by atoms with Gasteiger partial charge in [-0.3, -0.25) is 10.1 Å². The van der Waals surface area contributed by atoms with Crippen molar-refractivity contribution in [3.8, 4) is 0 Å². The van der Waals surface area contributed by atoms with Crippen molar-refractivity contribution in [1.82, 2.24) is 5.32 Å². The summed E-state index contributed by atoms with van der Waals surface area (Å²) in [4.78, 5) is 12.1. The van der Waals surface area contributed by atoms with Crippen molar-refractivity contribution in [2.45, 2.75) is 50.7 Å². The van der Waals surface area contributed by atoms with E-state index >= 15 is 4.39 Å². The molecule has 156 valence electrons. The zero-order chi connectivity index (χ0) is 21.6. The normalized spacial score (nSPS) is 27.2. The number of halogens is 3. The maximum absolute atomic E-state index is 15.0. The Morgan fingerprint density at radius 1 is 1.21 bits per heavy atom. The van der Waals surface area contributed by atoms with Crippen LogP contribution in [0.5, 0.6) is 0 Å². The quantitative estimate of drug-likeness (QED) is 0.681. The average Bonchev–Trinajstić information content (AvgIpc) is 2.90. The first-order valence-corrected chi connectivity index (χ1v) is 9.80. The minimum Gasteiger partial charge on any atom is -0.480 e. The molecule has 1 aliphatic heterocycles. The van der Waals surface area contributed by atoms with Gasteiger partial charge in [-0.15, -0.1) is 0 Å². The number of carboxylic acids is 1. The maximum atomic E-state index is 15.0. The van der Waals surface area contributed by atoms with Crippen LogP contribution in [-0.4, -0.2) is 23.2 Å². The van der Waals surface area contributed by atoms with Gasteiger partial charge in [-0.05, 0) is 41.2 Å². The van der Waals surface area contributed by atoms with Crippen molar-refractivity contribution < 1.29 is 18.7 Å². The molecular weight excluding hydrogens is 398 g/mol. The van der Waals surface area contributed by atoms with Crippen LogP contribution < -0.4 is 11.1 Å². The summed E-state index contributed by atoms with van der Waals surface area (Å²) in [5.41, 5.74) is 6.13. The van der Waals surface area contributed by atoms with Crippen LogP contribution in [0, 0.1) is 17.0 Å². The number of nitrogens with two attached hydrogens (primary N) is 1. The van der Waals surface area contributed by atoms with Gasteiger partial charge < -0.3 is 10.8 Å². The van der Waals surface area contributed by atoms with E-state index in [2.05, 4.69) is 5.32 Å². The lowest BCUT2D eigenvalue weighted by molar-refractivity contribution is -0.139. The van der Waals surface area contributed by atoms with E-state index in [1.807, 2.05) is 20.8 Å². The van der Waals surface area contributed by atoms with Gasteiger partial charge in [0.2, 0.25) is 0 Å². The molecule has 1 aliphatic rings. The summed E-state index contributed by atoms with van der Waals surface area (Å²) in [6, 6.07) is 8.48. The molecule has 29 heavy (non-hydrogen) atoms. The van der Waals surface area contributed by atoms with E-state index in [0.29, 0.717) is 12.0 Å². The van der Waals surface area contributed by atoms with E-state index in [-0.39, 0.29) is 16.0 Å². The van der Waals surface area contributed by atoms with Crippen LogP contribution in [0.15, 0.2) is 42.5 Å². The molecule has 0 amide bonds. The second-order valence-electron chi connectivity index (χ2n) is 8.86. The first-order valence-electron chi connectivity index (χ1n) is 9.43. The third-order valence-corrected chi connectivity index (χ3v) is 5.84. The van der Waals surface area contributed by atoms with Crippen molar-refractivity contribution in [2.75, 3.05) is 0 Å². The Hall–Kier alpha value is -2.02. The van der Waals surface area contributed by atoms with E-state index in [9.17, 15) is 14.3 Å². The van der Waals surface area contributed by atoms with Crippen molar-refractivity contribution in [3.63, 3.8) is 0 Å². The molecule has 4 nitrogen and oxygen atoms in total. The van der Waals surface area contributed by atoms with Gasteiger partial charge in [0.05, 0.1) is 10.6 Å². The van der Waals surface area contributed by atoms with Crippen LogP contribution in [0.1, 0.15) is 44.2 Å². The molecular formula is C22H25ClF2N2O2. The van der Waals surface area contributed by atoms with Crippen LogP contribution in [0.3, 0.4) is 0 Å². The topological polar surface area (TPSA) is 75.3 Å². The Kier molecular flexibility index (Phi) is 5.73. The van der Waals surface area contributed by atoms with Crippen molar-refractivity contribution in [1.29, 1.82) is 0 Å². The fourth-order valence-corrected chi connectivity index (χ4v) is 4.50. The molecule has 3 rings (SSSR count). The van der Waals surface area contributed by atoms with Crippen molar-refractivity contribution in [2.24, 2.45) is 11.1 Å². The summed E-state index contributed by atoms with van der Waals surface area (Å²) in [6.07, 6.45) is 0.531. The third-order valence-electron chi connectivity index (χ3n) is 5.55. The zero-order valence-corrected chi connectivity index (χ0v) is 17.3. The van der Waals surface area contributed by atoms with Gasteiger partial charge in [-0.1, -0.05) is 56.6 Å². The van der Waals surface area contributed by atoms with Crippen LogP contribution in [0.2, 0.25) is 5.02 Å². The molecule has 0 saturated carbocycles. The monoisotopic (exact) mass is 422 g/mol. The summed E-state index contributed by atoms with van der Waals surface area (Å²) in [6.45, 7) is 6.05. The Labute approximate surface area is 174 Å². The van der Waals surface area contributed by atoms with Gasteiger partial charge in [0, 0.05) is 12.0 Å². The molecule has 7 heteroatoms. The fourth-order valence-electron chi connectivity index (χ4n) is 4.31. The Bertz CT molecular complexity index is 914. The SMILES string of the molecule is CC(C)(C)C[C@@H]1N[C@@H](C(=O)O)[C@H](c2cccc(Cl)c2F)[C@@]1(N)c1ccc(F)cc1. The summed E-state index contributed by atoms with van der Waals surface area (Å²) in [5.74, 6) is -3.21. The number of hydrogen-bond acceptors (Lipinski definition) is 3. The average molecular weight is 423 g/mol. The lowest BCUT2D eigenvalue weighted by atomic mass is 9.68. The lowest BCUT2D eigenvalue weighted by Gasteiger charge is -2.39. The smallest absolute Gasteiger partial charge is 0.321 e. The van der Waals surface area contributed by atoms with Crippen LogP contribution in [0.25, 0.3) is 0 Å². The van der Waals surface area contributed by atoms with Crippen LogP contribution in [0.4, 0.5) is 8.78 Å². The fraction of sp³-hybridized carbons (Fsp3) is 0.409. The molecule has 1 fully saturated rings. The molecule has 0 unspecified atom stereocenters. The molecule has 0 aromatic heterocycles. The number of rotatable bonds is 4. The number of carbonyl (C=O) groups is 1. The van der Waals surface area contributed by atoms with Crippen molar-refractivity contribution >= 4 is 17.6 Å². The van der Waals surface area contributed by atoms with E-state index in [1.54, 1.807) is 6.07 Å². The molecule has 4 N–H and O–H groups in total. The highest BCUT2D eigenvalue weighted by atomic mass is 35.5. The highest BCUT2D eigenvalue weighted by Gasteiger charge is 2.57. The summed E-state index contributed by atoms with van der Waals surface area (Å²) in [5, 5.41) is 12.9. The van der Waals surface area contributed by atoms with Gasteiger partial charge in [0.1, 0.15) is 17.7 Å². The third kappa shape index (κ3) is 4.02. The second kappa shape index (κ2) is 7.67. The molecule has 0 radical (unpaired) electrons. The summed E-state index contributed by atoms with van der Waals surface area (Å²) >= 11 is 5.99. The highest BCUT2D eigenvalue weighted by molar-refractivity contribution is 6.30. The van der Waals surface area contributed by atoms with Gasteiger partial charge in [0.15, 0.2) is 0 Å². The zero-order valence-electron chi connectivity index (χ0n) is 16.5. The molecule has 2 aromatic rings. The standard InChI is InChI=1S/C22H25ClF2N2O2/c1-21(2,3)11-16-22(26,12-7-9-13(24)10-8-12)17(19(27-16)20(28)29)14-5-4-6-15(23)18(14)25/h4-10,16-17,19,27H,11,26H2,1-3H3,(H,28,29)/t16-,17-,19+,22+/m0/s1. The molecule has 0 aliphatic carbocycles. The molecule has 4 atom stereocenters.